The van der Waals surface area contributed by atoms with E-state index in [0.29, 0.717) is 17.7 Å². The van der Waals surface area contributed by atoms with Crippen LogP contribution in [0, 0.1) is 6.92 Å². The molecule has 0 saturated heterocycles. The van der Waals surface area contributed by atoms with E-state index in [0.717, 1.165) is 17.1 Å². The first-order valence-electron chi connectivity index (χ1n) is 8.54. The Morgan fingerprint density at radius 2 is 1.77 bits per heavy atom. The SMILES string of the molecule is COc1ccc(Nc2nncc(Nc3c(C)cccc3C(C)C)n2)cc1. The lowest BCUT2D eigenvalue weighted by Crippen LogP contribution is -2.05. The van der Waals surface area contributed by atoms with Gasteiger partial charge in [0.25, 0.3) is 0 Å². The van der Waals surface area contributed by atoms with Crippen molar-refractivity contribution in [2.24, 2.45) is 0 Å². The van der Waals surface area contributed by atoms with Gasteiger partial charge in [-0.3, -0.25) is 0 Å². The van der Waals surface area contributed by atoms with Crippen molar-refractivity contribution in [3.63, 3.8) is 0 Å². The van der Waals surface area contributed by atoms with Crippen LogP contribution in [0.2, 0.25) is 0 Å². The second kappa shape index (κ2) is 7.82. The number of aryl methyl sites for hydroxylation is 1. The minimum absolute atomic E-state index is 0.407. The molecule has 0 unspecified atom stereocenters. The molecular formula is C20H23N5O. The third-order valence-corrected chi connectivity index (χ3v) is 4.09. The first-order valence-corrected chi connectivity index (χ1v) is 8.54. The number of nitrogens with one attached hydrogen (secondary N) is 2. The third-order valence-electron chi connectivity index (χ3n) is 4.09. The fourth-order valence-electron chi connectivity index (χ4n) is 2.69. The Kier molecular flexibility index (Phi) is 5.31. The lowest BCUT2D eigenvalue weighted by atomic mass is 9.98. The Bertz CT molecular complexity index is 878. The molecule has 0 atom stereocenters. The van der Waals surface area contributed by atoms with Gasteiger partial charge in [-0.15, -0.1) is 5.10 Å². The molecule has 0 amide bonds. The van der Waals surface area contributed by atoms with Gasteiger partial charge in [-0.1, -0.05) is 32.0 Å². The molecule has 2 aromatic carbocycles. The lowest BCUT2D eigenvalue weighted by molar-refractivity contribution is 0.415. The second-order valence-electron chi connectivity index (χ2n) is 6.34. The molecule has 3 rings (SSSR count). The van der Waals surface area contributed by atoms with Gasteiger partial charge in [0.15, 0.2) is 5.82 Å². The summed E-state index contributed by atoms with van der Waals surface area (Å²) < 4.78 is 5.17. The van der Waals surface area contributed by atoms with E-state index in [4.69, 9.17) is 4.74 Å². The van der Waals surface area contributed by atoms with Crippen LogP contribution in [-0.2, 0) is 0 Å². The van der Waals surface area contributed by atoms with Crippen molar-refractivity contribution in [3.05, 3.63) is 59.8 Å². The van der Waals surface area contributed by atoms with Crippen LogP contribution in [-0.4, -0.2) is 22.3 Å². The molecule has 0 bridgehead atoms. The van der Waals surface area contributed by atoms with E-state index in [-0.39, 0.29) is 0 Å². The van der Waals surface area contributed by atoms with Crippen molar-refractivity contribution in [3.8, 4) is 5.75 Å². The summed E-state index contributed by atoms with van der Waals surface area (Å²) in [5.74, 6) is 2.28. The Labute approximate surface area is 153 Å². The van der Waals surface area contributed by atoms with Crippen LogP contribution >= 0.6 is 0 Å². The maximum Gasteiger partial charge on any atom is 0.249 e. The Balaban J connectivity index is 1.82. The molecule has 1 heterocycles. The standard InChI is InChI=1S/C20H23N5O/c1-13(2)17-7-5-6-14(3)19(17)23-18-12-21-25-20(24-18)22-15-8-10-16(26-4)11-9-15/h5-13H,1-4H3,(H2,22,23,24,25). The van der Waals surface area contributed by atoms with Gasteiger partial charge in [-0.05, 0) is 48.2 Å². The summed E-state index contributed by atoms with van der Waals surface area (Å²) >= 11 is 0. The van der Waals surface area contributed by atoms with Gasteiger partial charge in [0.2, 0.25) is 5.95 Å². The number of anilines is 4. The monoisotopic (exact) mass is 349 g/mol. The van der Waals surface area contributed by atoms with Crippen molar-refractivity contribution in [2.45, 2.75) is 26.7 Å². The van der Waals surface area contributed by atoms with E-state index in [2.05, 4.69) is 64.8 Å². The molecule has 0 aliphatic carbocycles. The predicted molar refractivity (Wildman–Crippen MR) is 105 cm³/mol. The molecule has 3 aromatic rings. The molecule has 1 aromatic heterocycles. The molecule has 0 radical (unpaired) electrons. The van der Waals surface area contributed by atoms with E-state index in [1.807, 2.05) is 24.3 Å². The highest BCUT2D eigenvalue weighted by atomic mass is 16.5. The highest BCUT2D eigenvalue weighted by Gasteiger charge is 2.10. The molecule has 0 aliphatic heterocycles. The van der Waals surface area contributed by atoms with Crippen molar-refractivity contribution in [1.82, 2.24) is 15.2 Å². The molecule has 0 aliphatic rings. The number of hydrogen-bond donors (Lipinski definition) is 2. The maximum atomic E-state index is 5.17. The molecule has 6 heteroatoms. The summed E-state index contributed by atoms with van der Waals surface area (Å²) in [4.78, 5) is 4.52. The van der Waals surface area contributed by atoms with Crippen LogP contribution in [0.15, 0.2) is 48.7 Å². The van der Waals surface area contributed by atoms with Crippen LogP contribution in [0.25, 0.3) is 0 Å². The van der Waals surface area contributed by atoms with E-state index in [1.165, 1.54) is 11.1 Å². The molecule has 0 fully saturated rings. The van der Waals surface area contributed by atoms with Crippen molar-refractivity contribution >= 4 is 23.1 Å². The normalized spacial score (nSPS) is 10.7. The summed E-state index contributed by atoms with van der Waals surface area (Å²) in [5.41, 5.74) is 4.34. The third kappa shape index (κ3) is 4.08. The zero-order valence-electron chi connectivity index (χ0n) is 15.4. The first-order chi connectivity index (χ1) is 12.6. The highest BCUT2D eigenvalue weighted by Crippen LogP contribution is 2.29. The summed E-state index contributed by atoms with van der Waals surface area (Å²) in [7, 11) is 1.64. The molecular weight excluding hydrogens is 326 g/mol. The zero-order valence-corrected chi connectivity index (χ0v) is 15.4. The molecule has 134 valence electrons. The van der Waals surface area contributed by atoms with Crippen molar-refractivity contribution < 1.29 is 4.74 Å². The number of rotatable bonds is 6. The minimum Gasteiger partial charge on any atom is -0.497 e. The van der Waals surface area contributed by atoms with E-state index in [9.17, 15) is 0 Å². The number of hydrogen-bond acceptors (Lipinski definition) is 6. The molecule has 0 spiro atoms. The zero-order chi connectivity index (χ0) is 18.5. The summed E-state index contributed by atoms with van der Waals surface area (Å²) in [5, 5.41) is 14.7. The van der Waals surface area contributed by atoms with Gasteiger partial charge in [0, 0.05) is 11.4 Å². The summed E-state index contributed by atoms with van der Waals surface area (Å²) in [6, 6.07) is 13.8. The lowest BCUT2D eigenvalue weighted by Gasteiger charge is -2.16. The summed E-state index contributed by atoms with van der Waals surface area (Å²) in [6.07, 6.45) is 1.62. The van der Waals surface area contributed by atoms with Crippen LogP contribution in [0.4, 0.5) is 23.1 Å². The molecule has 26 heavy (non-hydrogen) atoms. The Morgan fingerprint density at radius 1 is 1.00 bits per heavy atom. The number of benzene rings is 2. The number of aromatic nitrogens is 3. The minimum atomic E-state index is 0.407. The topological polar surface area (TPSA) is 72.0 Å². The number of nitrogens with zero attached hydrogens (tertiary/aromatic N) is 3. The van der Waals surface area contributed by atoms with Crippen LogP contribution < -0.4 is 15.4 Å². The average molecular weight is 349 g/mol. The summed E-state index contributed by atoms with van der Waals surface area (Å²) in [6.45, 7) is 6.43. The fourth-order valence-corrected chi connectivity index (χ4v) is 2.69. The van der Waals surface area contributed by atoms with Crippen LogP contribution in [0.3, 0.4) is 0 Å². The first kappa shape index (κ1) is 17.7. The predicted octanol–water partition coefficient (Wildman–Crippen LogP) is 4.80. The van der Waals surface area contributed by atoms with Gasteiger partial charge in [0.05, 0.1) is 13.3 Å². The average Bonchev–Trinajstić information content (AvgIpc) is 2.64. The number of ether oxygens (including phenoxy) is 1. The van der Waals surface area contributed by atoms with E-state index >= 15 is 0 Å². The number of methoxy groups -OCH3 is 1. The van der Waals surface area contributed by atoms with E-state index in [1.54, 1.807) is 13.3 Å². The van der Waals surface area contributed by atoms with E-state index < -0.39 is 0 Å². The largest absolute Gasteiger partial charge is 0.497 e. The highest BCUT2D eigenvalue weighted by molar-refractivity contribution is 5.66. The fraction of sp³-hybridized carbons (Fsp3) is 0.250. The molecule has 6 nitrogen and oxygen atoms in total. The van der Waals surface area contributed by atoms with Gasteiger partial charge < -0.3 is 15.4 Å². The van der Waals surface area contributed by atoms with Crippen LogP contribution in [0.1, 0.15) is 30.9 Å². The molecule has 2 N–H and O–H groups in total. The molecule has 0 saturated carbocycles. The van der Waals surface area contributed by atoms with Gasteiger partial charge in [0.1, 0.15) is 5.75 Å². The van der Waals surface area contributed by atoms with Crippen molar-refractivity contribution in [2.75, 3.05) is 17.7 Å². The number of para-hydroxylation sites is 1. The van der Waals surface area contributed by atoms with Gasteiger partial charge in [-0.25, -0.2) is 0 Å². The van der Waals surface area contributed by atoms with Crippen molar-refractivity contribution in [1.29, 1.82) is 0 Å². The Hall–Kier alpha value is -3.15. The second-order valence-corrected chi connectivity index (χ2v) is 6.34. The van der Waals surface area contributed by atoms with Gasteiger partial charge >= 0.3 is 0 Å². The smallest absolute Gasteiger partial charge is 0.249 e. The van der Waals surface area contributed by atoms with Gasteiger partial charge in [-0.2, -0.15) is 10.1 Å². The Morgan fingerprint density at radius 3 is 2.46 bits per heavy atom. The van der Waals surface area contributed by atoms with Crippen LogP contribution in [0.5, 0.6) is 5.75 Å². The quantitative estimate of drug-likeness (QED) is 0.666. The maximum absolute atomic E-state index is 5.17.